The van der Waals surface area contributed by atoms with Gasteiger partial charge in [-0.15, -0.1) is 0 Å². The van der Waals surface area contributed by atoms with Crippen molar-refractivity contribution in [2.24, 2.45) is 0 Å². The van der Waals surface area contributed by atoms with E-state index >= 15 is 0 Å². The Morgan fingerprint density at radius 1 is 1.12 bits per heavy atom. The van der Waals surface area contributed by atoms with Gasteiger partial charge in [-0.3, -0.25) is 4.79 Å². The van der Waals surface area contributed by atoms with E-state index in [0.29, 0.717) is 70.8 Å². The Kier molecular flexibility index (Phi) is 8.31. The minimum atomic E-state index is -0.319. The Bertz CT molecular complexity index is 1540. The van der Waals surface area contributed by atoms with Crippen LogP contribution in [0.5, 0.6) is 17.2 Å². The summed E-state index contributed by atoms with van der Waals surface area (Å²) in [5.41, 5.74) is 2.07. The van der Waals surface area contributed by atoms with Crippen LogP contribution in [0.2, 0.25) is 5.02 Å². The van der Waals surface area contributed by atoms with E-state index < -0.39 is 0 Å². The summed E-state index contributed by atoms with van der Waals surface area (Å²) < 4.78 is 31.1. The largest absolute Gasteiger partial charge is 0.493 e. The summed E-state index contributed by atoms with van der Waals surface area (Å²) in [4.78, 5) is 22.5. The number of aromatic nitrogens is 2. The molecular weight excluding hydrogens is 535 g/mol. The number of hydrogen-bond acceptors (Lipinski definition) is 7. The highest BCUT2D eigenvalue weighted by molar-refractivity contribution is 6.32. The molecular formula is C30H28ClFN4O4. The maximum absolute atomic E-state index is 13.4. The topological polar surface area (TPSA) is 85.8 Å². The fourth-order valence-electron chi connectivity index (χ4n) is 4.54. The van der Waals surface area contributed by atoms with E-state index in [4.69, 9.17) is 25.8 Å². The molecule has 0 saturated carbocycles. The lowest BCUT2D eigenvalue weighted by Crippen LogP contribution is -2.41. The molecule has 1 N–H and O–H groups in total. The van der Waals surface area contributed by atoms with E-state index in [2.05, 4.69) is 21.9 Å². The SMILES string of the molecule is C=CC(=O)N1CCC(Oc2cc3c(Nc4ccc(OCc5cccc(F)c5)c(Cl)c4)ncnc3cc2OC)CC1. The third-order valence-electron chi connectivity index (χ3n) is 6.62. The van der Waals surface area contributed by atoms with Gasteiger partial charge in [-0.05, 0) is 48.0 Å². The van der Waals surface area contributed by atoms with Crippen LogP contribution >= 0.6 is 11.6 Å². The fraction of sp³-hybridized carbons (Fsp3) is 0.233. The van der Waals surface area contributed by atoms with E-state index in [0.717, 1.165) is 5.39 Å². The zero-order chi connectivity index (χ0) is 28.1. The van der Waals surface area contributed by atoms with Gasteiger partial charge in [0.2, 0.25) is 5.91 Å². The normalized spacial score (nSPS) is 13.6. The van der Waals surface area contributed by atoms with Gasteiger partial charge in [0.25, 0.3) is 0 Å². The molecule has 1 aromatic heterocycles. The molecule has 3 aromatic carbocycles. The number of ether oxygens (including phenoxy) is 3. The number of carbonyl (C=O) groups excluding carboxylic acids is 1. The van der Waals surface area contributed by atoms with Crippen LogP contribution in [-0.4, -0.2) is 47.1 Å². The quantitative estimate of drug-likeness (QED) is 0.239. The smallest absolute Gasteiger partial charge is 0.245 e. The lowest BCUT2D eigenvalue weighted by molar-refractivity contribution is -0.127. The average molecular weight is 563 g/mol. The first-order valence-corrected chi connectivity index (χ1v) is 13.2. The molecule has 1 fully saturated rings. The highest BCUT2D eigenvalue weighted by Crippen LogP contribution is 2.37. The van der Waals surface area contributed by atoms with Gasteiger partial charge in [-0.25, -0.2) is 14.4 Å². The lowest BCUT2D eigenvalue weighted by Gasteiger charge is -2.31. The molecule has 0 bridgehead atoms. The van der Waals surface area contributed by atoms with Gasteiger partial charge in [0.15, 0.2) is 11.5 Å². The van der Waals surface area contributed by atoms with Gasteiger partial charge in [0.05, 0.1) is 17.6 Å². The first-order valence-electron chi connectivity index (χ1n) is 12.8. The van der Waals surface area contributed by atoms with Crippen molar-refractivity contribution in [3.63, 3.8) is 0 Å². The van der Waals surface area contributed by atoms with Crippen molar-refractivity contribution in [3.05, 3.63) is 90.0 Å². The molecule has 0 unspecified atom stereocenters. The summed E-state index contributed by atoms with van der Waals surface area (Å²) in [6.07, 6.45) is 4.13. The number of benzene rings is 3. The number of carbonyl (C=O) groups is 1. The second-order valence-electron chi connectivity index (χ2n) is 9.28. The Morgan fingerprint density at radius 2 is 1.95 bits per heavy atom. The van der Waals surface area contributed by atoms with Crippen LogP contribution in [0.25, 0.3) is 10.9 Å². The number of rotatable bonds is 9. The minimum Gasteiger partial charge on any atom is -0.493 e. The molecule has 0 radical (unpaired) electrons. The zero-order valence-corrected chi connectivity index (χ0v) is 22.7. The van der Waals surface area contributed by atoms with E-state index in [-0.39, 0.29) is 24.4 Å². The molecule has 5 rings (SSSR count). The standard InChI is InChI=1S/C30H28ClFN4O4/c1-3-29(37)36-11-9-22(10-12-36)40-28-15-23-25(16-27(28)38-2)33-18-34-30(23)35-21-7-8-26(24(31)14-21)39-17-19-5-4-6-20(32)13-19/h3-8,13-16,18,22H,1,9-12,17H2,2H3,(H,33,34,35). The molecule has 1 saturated heterocycles. The molecule has 0 aliphatic carbocycles. The van der Waals surface area contributed by atoms with Crippen LogP contribution in [0.3, 0.4) is 0 Å². The molecule has 1 aliphatic heterocycles. The zero-order valence-electron chi connectivity index (χ0n) is 21.9. The van der Waals surface area contributed by atoms with Crippen LogP contribution in [0.1, 0.15) is 18.4 Å². The maximum Gasteiger partial charge on any atom is 0.245 e. The van der Waals surface area contributed by atoms with Gasteiger partial charge in [0.1, 0.15) is 36.4 Å². The number of hydrogen-bond donors (Lipinski definition) is 1. The number of piperidine rings is 1. The van der Waals surface area contributed by atoms with Gasteiger partial charge < -0.3 is 24.4 Å². The molecule has 8 nitrogen and oxygen atoms in total. The van der Waals surface area contributed by atoms with Crippen molar-refractivity contribution in [3.8, 4) is 17.2 Å². The number of anilines is 2. The van der Waals surface area contributed by atoms with E-state index in [9.17, 15) is 9.18 Å². The third kappa shape index (κ3) is 6.26. The number of nitrogens with zero attached hydrogens (tertiary/aromatic N) is 3. The van der Waals surface area contributed by atoms with Crippen LogP contribution in [0.15, 0.2) is 73.6 Å². The van der Waals surface area contributed by atoms with Gasteiger partial charge >= 0.3 is 0 Å². The molecule has 206 valence electrons. The number of methoxy groups -OCH3 is 1. The number of amides is 1. The van der Waals surface area contributed by atoms with Crippen molar-refractivity contribution in [2.75, 3.05) is 25.5 Å². The number of nitrogens with one attached hydrogen (secondary N) is 1. The highest BCUT2D eigenvalue weighted by Gasteiger charge is 2.24. The van der Waals surface area contributed by atoms with Gasteiger partial charge in [0, 0.05) is 43.1 Å². The summed E-state index contributed by atoms with van der Waals surface area (Å²) in [5.74, 6) is 1.78. The predicted molar refractivity (Wildman–Crippen MR) is 152 cm³/mol. The van der Waals surface area contributed by atoms with Crippen molar-refractivity contribution in [2.45, 2.75) is 25.6 Å². The summed E-state index contributed by atoms with van der Waals surface area (Å²) in [7, 11) is 1.58. The number of fused-ring (bicyclic) bond motifs is 1. The van der Waals surface area contributed by atoms with Crippen LogP contribution in [0.4, 0.5) is 15.9 Å². The monoisotopic (exact) mass is 562 g/mol. The highest BCUT2D eigenvalue weighted by atomic mass is 35.5. The third-order valence-corrected chi connectivity index (χ3v) is 6.92. The molecule has 1 aliphatic rings. The predicted octanol–water partition coefficient (Wildman–Crippen LogP) is 6.31. The second-order valence-corrected chi connectivity index (χ2v) is 9.69. The van der Waals surface area contributed by atoms with Crippen LogP contribution in [-0.2, 0) is 11.4 Å². The van der Waals surface area contributed by atoms with Crippen LogP contribution < -0.4 is 19.5 Å². The average Bonchev–Trinajstić information content (AvgIpc) is 2.97. The second kappa shape index (κ2) is 12.2. The van der Waals surface area contributed by atoms with E-state index in [1.165, 1.54) is 24.5 Å². The Labute approximate surface area is 236 Å². The number of halogens is 2. The van der Waals surface area contributed by atoms with Crippen molar-refractivity contribution < 1.29 is 23.4 Å². The first kappa shape index (κ1) is 27.2. The Balaban J connectivity index is 1.32. The first-order chi connectivity index (χ1) is 19.4. The molecule has 1 amide bonds. The Morgan fingerprint density at radius 3 is 2.67 bits per heavy atom. The van der Waals surface area contributed by atoms with Crippen molar-refractivity contribution in [1.29, 1.82) is 0 Å². The Hall–Kier alpha value is -4.37. The molecule has 0 spiro atoms. The van der Waals surface area contributed by atoms with Crippen molar-refractivity contribution in [1.82, 2.24) is 14.9 Å². The molecule has 0 atom stereocenters. The lowest BCUT2D eigenvalue weighted by atomic mass is 10.1. The summed E-state index contributed by atoms with van der Waals surface area (Å²) in [6.45, 7) is 4.95. The van der Waals surface area contributed by atoms with Gasteiger partial charge in [-0.2, -0.15) is 0 Å². The number of likely N-dealkylation sites (tertiary alicyclic amines) is 1. The summed E-state index contributed by atoms with van der Waals surface area (Å²) >= 11 is 6.49. The van der Waals surface area contributed by atoms with Gasteiger partial charge in [-0.1, -0.05) is 30.3 Å². The van der Waals surface area contributed by atoms with E-state index in [1.54, 1.807) is 36.3 Å². The summed E-state index contributed by atoms with van der Waals surface area (Å²) in [6, 6.07) is 15.2. The molecule has 4 aromatic rings. The molecule has 40 heavy (non-hydrogen) atoms. The van der Waals surface area contributed by atoms with Crippen molar-refractivity contribution >= 4 is 39.9 Å². The molecule has 10 heteroatoms. The maximum atomic E-state index is 13.4. The van der Waals surface area contributed by atoms with Crippen LogP contribution in [0, 0.1) is 5.82 Å². The molecule has 2 heterocycles. The fourth-order valence-corrected chi connectivity index (χ4v) is 4.77. The summed E-state index contributed by atoms with van der Waals surface area (Å²) in [5, 5.41) is 4.43. The minimum absolute atomic E-state index is 0.0686. The van der Waals surface area contributed by atoms with E-state index in [1.807, 2.05) is 18.2 Å².